The third kappa shape index (κ3) is 19.2. The molecule has 0 aromatic carbocycles. The fourth-order valence-corrected chi connectivity index (χ4v) is 0. The molecule has 5 heavy (non-hydrogen) atoms. The molecule has 34 valence electrons. The first-order chi connectivity index (χ1) is 0. The van der Waals surface area contributed by atoms with E-state index in [1.54, 1.807) is 0 Å². The van der Waals surface area contributed by atoms with Gasteiger partial charge in [0, 0.05) is 97.3 Å². The Bertz CT molecular complexity index is 4.85. The average Bonchev–Trinajstić information content (AvgIpc) is 0. The molecule has 0 bridgehead atoms. The summed E-state index contributed by atoms with van der Waals surface area (Å²) in [6, 6.07) is 0. The molecule has 0 aromatic rings. The summed E-state index contributed by atoms with van der Waals surface area (Å²) in [7, 11) is 0. The summed E-state index contributed by atoms with van der Waals surface area (Å²) in [4.78, 5) is 0. The Hall–Kier alpha value is 3.10. The summed E-state index contributed by atoms with van der Waals surface area (Å²) in [6.45, 7) is 0. The summed E-state index contributed by atoms with van der Waals surface area (Å²) in [5.74, 6) is 0. The van der Waals surface area contributed by atoms with Crippen molar-refractivity contribution in [1.29, 1.82) is 0 Å². The summed E-state index contributed by atoms with van der Waals surface area (Å²) in [5.41, 5.74) is 0. The molecule has 0 spiro atoms. The van der Waals surface area contributed by atoms with Gasteiger partial charge in [0.05, 0.1) is 0 Å². The van der Waals surface area contributed by atoms with Crippen molar-refractivity contribution in [2.45, 2.75) is 0 Å². The van der Waals surface area contributed by atoms with Crippen molar-refractivity contribution >= 4 is 0 Å². The van der Waals surface area contributed by atoms with Gasteiger partial charge in [-0.25, -0.2) is 0 Å². The van der Waals surface area contributed by atoms with Crippen LogP contribution in [0, 0.1) is 0 Å². The molecular weight excluding hydrogens is 400 g/mol. The Morgan fingerprint density at radius 3 is 0.400 bits per heavy atom. The van der Waals surface area contributed by atoms with Crippen molar-refractivity contribution in [2.24, 2.45) is 0 Å². The van der Waals surface area contributed by atoms with Crippen molar-refractivity contribution in [3.63, 3.8) is 0 Å². The van der Waals surface area contributed by atoms with Crippen LogP contribution in [0.25, 0.3) is 0 Å². The summed E-state index contributed by atoms with van der Waals surface area (Å²) >= 11 is 0. The zero-order valence-corrected chi connectivity index (χ0v) is 10.2. The normalized spacial score (nSPS) is 0. The van der Waals surface area contributed by atoms with Gasteiger partial charge in [-0.15, -0.1) is 0 Å². The van der Waals surface area contributed by atoms with Crippen molar-refractivity contribution in [3.05, 3.63) is 0 Å². The topological polar surface area (TPSA) is 0 Å². The first-order valence-corrected chi connectivity index (χ1v) is 0. The van der Waals surface area contributed by atoms with Crippen LogP contribution in [-0.4, -0.2) is 0 Å². The van der Waals surface area contributed by atoms with E-state index in [1.165, 1.54) is 0 Å². The van der Waals surface area contributed by atoms with Gasteiger partial charge in [-0.05, 0) is 0 Å². The van der Waals surface area contributed by atoms with Crippen LogP contribution in [-0.2, 0) is 97.3 Å². The fourth-order valence-electron chi connectivity index (χ4n) is 0. The number of rotatable bonds is 0. The van der Waals surface area contributed by atoms with Crippen molar-refractivity contribution in [2.75, 3.05) is 0 Å². The van der Waals surface area contributed by atoms with Gasteiger partial charge in [0.25, 0.3) is 0 Å². The Labute approximate surface area is 95.7 Å². The molecule has 0 fully saturated rings. The maximum atomic E-state index is 0. The van der Waals surface area contributed by atoms with E-state index in [-0.39, 0.29) is 97.3 Å². The van der Waals surface area contributed by atoms with E-state index >= 15 is 0 Å². The predicted molar refractivity (Wildman–Crippen MR) is 0 cm³/mol. The van der Waals surface area contributed by atoms with E-state index in [1.807, 2.05) is 0 Å². The second-order valence-electron chi connectivity index (χ2n) is 0. The maximum absolute atomic E-state index is 0. The van der Waals surface area contributed by atoms with Crippen LogP contribution in [0.2, 0.25) is 0 Å². The molecule has 0 saturated heterocycles. The van der Waals surface area contributed by atoms with Crippen molar-refractivity contribution < 1.29 is 97.3 Å². The molecule has 0 radical (unpaired) electrons. The minimum Gasteiger partial charge on any atom is 0 e. The molecule has 0 aliphatic carbocycles. The maximum Gasteiger partial charge on any atom is 0 e. The van der Waals surface area contributed by atoms with E-state index in [4.69, 9.17) is 0 Å². The summed E-state index contributed by atoms with van der Waals surface area (Å²) in [6.07, 6.45) is 0. The second-order valence-corrected chi connectivity index (χ2v) is 0. The SMILES string of the molecule is [Fe].[Fe].[Mo].[Mo].[Mo]. The van der Waals surface area contributed by atoms with Gasteiger partial charge in [0.2, 0.25) is 0 Å². The van der Waals surface area contributed by atoms with Gasteiger partial charge in [-0.1, -0.05) is 0 Å². The van der Waals surface area contributed by atoms with Crippen LogP contribution in [0.5, 0.6) is 0 Å². The molecule has 0 saturated carbocycles. The van der Waals surface area contributed by atoms with Crippen LogP contribution in [0.4, 0.5) is 0 Å². The van der Waals surface area contributed by atoms with Crippen LogP contribution >= 0.6 is 0 Å². The second kappa shape index (κ2) is 27.5. The Morgan fingerprint density at radius 2 is 0.400 bits per heavy atom. The summed E-state index contributed by atoms with van der Waals surface area (Å²) in [5, 5.41) is 0. The number of hydrogen-bond acceptors (Lipinski definition) is 0. The van der Waals surface area contributed by atoms with Crippen LogP contribution in [0.15, 0.2) is 0 Å². The molecule has 0 N–H and O–H groups in total. The first kappa shape index (κ1) is 42.4. The van der Waals surface area contributed by atoms with Gasteiger partial charge >= 0.3 is 0 Å². The smallest absolute Gasteiger partial charge is 0 e. The molecule has 0 rings (SSSR count). The van der Waals surface area contributed by atoms with Gasteiger partial charge in [0.15, 0.2) is 0 Å². The van der Waals surface area contributed by atoms with Crippen molar-refractivity contribution in [3.8, 4) is 0 Å². The fraction of sp³-hybridized carbons (Fsp3) is 0. The molecule has 0 aliphatic rings. The monoisotopic (exact) mass is 406 g/mol. The zero-order valence-electron chi connectivity index (χ0n) is 1.93. The predicted octanol–water partition coefficient (Wildman–Crippen LogP) is -0.0125. The molecule has 5 heteroatoms. The van der Waals surface area contributed by atoms with Crippen LogP contribution < -0.4 is 0 Å². The summed E-state index contributed by atoms with van der Waals surface area (Å²) < 4.78 is 0. The standard InChI is InChI=1S/2Fe.3Mo. The molecule has 0 heterocycles. The minimum atomic E-state index is 0. The third-order valence-corrected chi connectivity index (χ3v) is 0. The van der Waals surface area contributed by atoms with Gasteiger partial charge < -0.3 is 0 Å². The molecule has 0 atom stereocenters. The number of hydrogen-bond donors (Lipinski definition) is 0. The van der Waals surface area contributed by atoms with E-state index in [0.717, 1.165) is 0 Å². The van der Waals surface area contributed by atoms with Crippen molar-refractivity contribution in [1.82, 2.24) is 0 Å². The molecule has 0 aliphatic heterocycles. The van der Waals surface area contributed by atoms with E-state index in [0.29, 0.717) is 0 Å². The minimum absolute atomic E-state index is 0. The van der Waals surface area contributed by atoms with E-state index < -0.39 is 0 Å². The molecule has 0 aromatic heterocycles. The van der Waals surface area contributed by atoms with Gasteiger partial charge in [-0.2, -0.15) is 0 Å². The quantitative estimate of drug-likeness (QED) is 0.503. The van der Waals surface area contributed by atoms with Gasteiger partial charge in [0.1, 0.15) is 0 Å². The Balaban J connectivity index is 0. The molecule has 0 nitrogen and oxygen atoms in total. The largest absolute Gasteiger partial charge is 0 e. The van der Waals surface area contributed by atoms with Crippen LogP contribution in [0.1, 0.15) is 0 Å². The van der Waals surface area contributed by atoms with E-state index in [2.05, 4.69) is 0 Å². The van der Waals surface area contributed by atoms with E-state index in [9.17, 15) is 0 Å². The zero-order chi connectivity index (χ0) is 0. The average molecular weight is 400 g/mol. The molecule has 0 amide bonds. The third-order valence-electron chi connectivity index (χ3n) is 0. The molecule has 0 unspecified atom stereocenters. The molecular formula is Fe2Mo3. The Kier molecular flexibility index (Phi) is 233. The van der Waals surface area contributed by atoms with Crippen LogP contribution in [0.3, 0.4) is 0 Å². The Morgan fingerprint density at radius 1 is 0.400 bits per heavy atom. The first-order valence-electron chi connectivity index (χ1n) is 0. The van der Waals surface area contributed by atoms with Gasteiger partial charge in [-0.3, -0.25) is 0 Å².